The molecule has 0 aromatic heterocycles. The van der Waals surface area contributed by atoms with E-state index >= 15 is 0 Å². The zero-order valence-corrected chi connectivity index (χ0v) is 17.5. The maximum Gasteiger partial charge on any atom is 0.293 e. The fourth-order valence-electron chi connectivity index (χ4n) is 2.82. The summed E-state index contributed by atoms with van der Waals surface area (Å²) in [4.78, 5) is 38.0. The van der Waals surface area contributed by atoms with Crippen molar-refractivity contribution in [1.82, 2.24) is 4.90 Å². The molecule has 1 saturated heterocycles. The quantitative estimate of drug-likeness (QED) is 0.638. The van der Waals surface area contributed by atoms with Crippen LogP contribution in [0.4, 0.5) is 10.5 Å². The van der Waals surface area contributed by atoms with Crippen molar-refractivity contribution in [1.29, 1.82) is 0 Å². The lowest BCUT2D eigenvalue weighted by atomic mass is 10.2. The average Bonchev–Trinajstić information content (AvgIpc) is 3.01. The Balaban J connectivity index is 1.67. The molecule has 1 heterocycles. The Kier molecular flexibility index (Phi) is 7.13. The van der Waals surface area contributed by atoms with Crippen LogP contribution in [0.3, 0.4) is 0 Å². The molecule has 3 amide bonds. The summed E-state index contributed by atoms with van der Waals surface area (Å²) in [5, 5.41) is 2.48. The van der Waals surface area contributed by atoms with Crippen LogP contribution in [-0.2, 0) is 9.59 Å². The number of anilines is 1. The van der Waals surface area contributed by atoms with Gasteiger partial charge in [0.15, 0.2) is 18.1 Å². The number of ether oxygens (including phenoxy) is 2. The van der Waals surface area contributed by atoms with Crippen LogP contribution in [0, 0.1) is 0 Å². The molecule has 0 saturated carbocycles. The summed E-state index contributed by atoms with van der Waals surface area (Å²) in [5.74, 6) is 0.238. The molecule has 30 heavy (non-hydrogen) atoms. The summed E-state index contributed by atoms with van der Waals surface area (Å²) in [6.45, 7) is 2.14. The topological polar surface area (TPSA) is 84.9 Å². The molecule has 8 heteroatoms. The molecule has 2 aromatic carbocycles. The molecule has 1 aliphatic rings. The van der Waals surface area contributed by atoms with Gasteiger partial charge in [-0.05, 0) is 54.1 Å². The third kappa shape index (κ3) is 5.21. The number of benzene rings is 2. The van der Waals surface area contributed by atoms with E-state index in [4.69, 9.17) is 9.47 Å². The molecule has 0 spiro atoms. The number of para-hydroxylation sites is 1. The van der Waals surface area contributed by atoms with Crippen LogP contribution >= 0.6 is 11.8 Å². The van der Waals surface area contributed by atoms with Gasteiger partial charge in [-0.25, -0.2) is 0 Å². The van der Waals surface area contributed by atoms with E-state index in [1.807, 2.05) is 25.1 Å². The predicted molar refractivity (Wildman–Crippen MR) is 117 cm³/mol. The van der Waals surface area contributed by atoms with Crippen LogP contribution < -0.4 is 14.8 Å². The summed E-state index contributed by atoms with van der Waals surface area (Å²) >= 11 is 0.923. The monoisotopic (exact) mass is 426 g/mol. The number of imide groups is 1. The highest BCUT2D eigenvalue weighted by Gasteiger charge is 2.34. The van der Waals surface area contributed by atoms with E-state index in [1.54, 1.807) is 36.4 Å². The van der Waals surface area contributed by atoms with Gasteiger partial charge >= 0.3 is 0 Å². The molecule has 0 bridgehead atoms. The van der Waals surface area contributed by atoms with Crippen molar-refractivity contribution < 1.29 is 23.9 Å². The van der Waals surface area contributed by atoms with Gasteiger partial charge in [-0.2, -0.15) is 0 Å². The van der Waals surface area contributed by atoms with E-state index in [0.29, 0.717) is 40.6 Å². The minimum atomic E-state index is -0.295. The second kappa shape index (κ2) is 9.98. The zero-order valence-electron chi connectivity index (χ0n) is 16.7. The fourth-order valence-corrected chi connectivity index (χ4v) is 3.69. The summed E-state index contributed by atoms with van der Waals surface area (Å²) in [6.07, 6.45) is 2.36. The number of hydrogen-bond acceptors (Lipinski definition) is 6. The minimum Gasteiger partial charge on any atom is -0.493 e. The normalized spacial score (nSPS) is 14.9. The first-order valence-electron chi connectivity index (χ1n) is 9.43. The molecule has 156 valence electrons. The maximum absolute atomic E-state index is 12.4. The predicted octanol–water partition coefficient (Wildman–Crippen LogP) is 4.16. The van der Waals surface area contributed by atoms with Crippen molar-refractivity contribution >= 4 is 40.6 Å². The van der Waals surface area contributed by atoms with Crippen LogP contribution in [-0.4, -0.2) is 42.2 Å². The van der Waals surface area contributed by atoms with Crippen molar-refractivity contribution in [2.45, 2.75) is 13.3 Å². The Morgan fingerprint density at radius 1 is 1.13 bits per heavy atom. The summed E-state index contributed by atoms with van der Waals surface area (Å²) in [7, 11) is 1.49. The lowest BCUT2D eigenvalue weighted by Gasteiger charge is -2.12. The number of thioether (sulfide) groups is 1. The molecule has 0 atom stereocenters. The summed E-state index contributed by atoms with van der Waals surface area (Å²) in [5.41, 5.74) is 1.38. The Labute approximate surface area is 179 Å². The maximum atomic E-state index is 12.4. The van der Waals surface area contributed by atoms with Gasteiger partial charge in [0.05, 0.1) is 12.0 Å². The molecular weight excluding hydrogens is 404 g/mol. The standard InChI is InChI=1S/C22H22N2O5S/c1-3-11-24-21(26)19(30-22(24)27)13-15-9-10-17(18(12-15)28-2)29-14-20(25)23-16-7-5-4-6-8-16/h4-10,12-13H,3,11,14H2,1-2H3,(H,23,25)/b19-13+. The molecule has 1 fully saturated rings. The van der Waals surface area contributed by atoms with Gasteiger partial charge in [0.25, 0.3) is 17.1 Å². The van der Waals surface area contributed by atoms with Gasteiger partial charge in [0.1, 0.15) is 0 Å². The third-order valence-electron chi connectivity index (χ3n) is 4.22. The highest BCUT2D eigenvalue weighted by atomic mass is 32.2. The Hall–Kier alpha value is -3.26. The molecule has 0 aliphatic carbocycles. The van der Waals surface area contributed by atoms with Crippen molar-refractivity contribution in [3.8, 4) is 11.5 Å². The fraction of sp³-hybridized carbons (Fsp3) is 0.227. The number of nitrogens with one attached hydrogen (secondary N) is 1. The molecule has 2 aromatic rings. The van der Waals surface area contributed by atoms with Crippen molar-refractivity contribution in [2.75, 3.05) is 25.6 Å². The molecule has 7 nitrogen and oxygen atoms in total. The molecule has 1 N–H and O–H groups in total. The number of carbonyl (C=O) groups is 3. The number of rotatable bonds is 8. The lowest BCUT2D eigenvalue weighted by Crippen LogP contribution is -2.28. The van der Waals surface area contributed by atoms with Crippen LogP contribution in [0.25, 0.3) is 6.08 Å². The summed E-state index contributed by atoms with van der Waals surface area (Å²) in [6, 6.07) is 14.2. The number of carbonyl (C=O) groups excluding carboxylic acids is 3. The second-order valence-corrected chi connectivity index (χ2v) is 7.44. The average molecular weight is 426 g/mol. The smallest absolute Gasteiger partial charge is 0.293 e. The molecule has 1 aliphatic heterocycles. The Bertz CT molecular complexity index is 975. The van der Waals surface area contributed by atoms with Crippen molar-refractivity contribution in [3.05, 3.63) is 59.0 Å². The van der Waals surface area contributed by atoms with Gasteiger partial charge in [0, 0.05) is 12.2 Å². The first-order chi connectivity index (χ1) is 14.5. The molecule has 0 unspecified atom stereocenters. The highest BCUT2D eigenvalue weighted by molar-refractivity contribution is 8.18. The first kappa shape index (κ1) is 21.4. The van der Waals surface area contributed by atoms with Gasteiger partial charge in [-0.3, -0.25) is 19.3 Å². The van der Waals surface area contributed by atoms with E-state index in [-0.39, 0.29) is 23.7 Å². The van der Waals surface area contributed by atoms with E-state index in [9.17, 15) is 14.4 Å². The number of nitrogens with zero attached hydrogens (tertiary/aromatic N) is 1. The van der Waals surface area contributed by atoms with Gasteiger partial charge in [-0.15, -0.1) is 0 Å². The SMILES string of the molecule is CCCN1C(=O)S/C(=C/c2ccc(OCC(=O)Nc3ccccc3)c(OC)c2)C1=O. The van der Waals surface area contributed by atoms with Crippen LogP contribution in [0.5, 0.6) is 11.5 Å². The molecular formula is C22H22N2O5S. The van der Waals surface area contributed by atoms with Crippen LogP contribution in [0.2, 0.25) is 0 Å². The van der Waals surface area contributed by atoms with Crippen LogP contribution in [0.15, 0.2) is 53.4 Å². The van der Waals surface area contributed by atoms with E-state index in [2.05, 4.69) is 5.32 Å². The second-order valence-electron chi connectivity index (χ2n) is 6.45. The first-order valence-corrected chi connectivity index (χ1v) is 10.2. The van der Waals surface area contributed by atoms with Crippen LogP contribution in [0.1, 0.15) is 18.9 Å². The summed E-state index contributed by atoms with van der Waals surface area (Å²) < 4.78 is 10.9. The number of methoxy groups -OCH3 is 1. The minimum absolute atomic E-state index is 0.180. The van der Waals surface area contributed by atoms with Gasteiger partial charge in [-0.1, -0.05) is 31.2 Å². The van der Waals surface area contributed by atoms with E-state index < -0.39 is 0 Å². The third-order valence-corrected chi connectivity index (χ3v) is 5.13. The highest BCUT2D eigenvalue weighted by Crippen LogP contribution is 2.34. The van der Waals surface area contributed by atoms with Gasteiger partial charge in [0.2, 0.25) is 0 Å². The largest absolute Gasteiger partial charge is 0.493 e. The van der Waals surface area contributed by atoms with Gasteiger partial charge < -0.3 is 14.8 Å². The van der Waals surface area contributed by atoms with Crippen molar-refractivity contribution in [3.63, 3.8) is 0 Å². The molecule has 0 radical (unpaired) electrons. The van der Waals surface area contributed by atoms with Crippen molar-refractivity contribution in [2.24, 2.45) is 0 Å². The Morgan fingerprint density at radius 3 is 2.60 bits per heavy atom. The Morgan fingerprint density at radius 2 is 1.90 bits per heavy atom. The van der Waals surface area contributed by atoms with E-state index in [1.165, 1.54) is 12.0 Å². The molecule has 3 rings (SSSR count). The number of hydrogen-bond donors (Lipinski definition) is 1. The number of amides is 3. The van der Waals surface area contributed by atoms with E-state index in [0.717, 1.165) is 11.8 Å². The lowest BCUT2D eigenvalue weighted by molar-refractivity contribution is -0.122. The zero-order chi connectivity index (χ0) is 21.5.